The SMILES string of the molecule is Cc1ccc(C)c(C2CN(CCC(=O)O)C(C)CO2)c1.Cl. The summed E-state index contributed by atoms with van der Waals surface area (Å²) in [6.07, 6.45) is 0.226. The van der Waals surface area contributed by atoms with Gasteiger partial charge in [0.2, 0.25) is 0 Å². The summed E-state index contributed by atoms with van der Waals surface area (Å²) in [5, 5.41) is 8.84. The monoisotopic (exact) mass is 313 g/mol. The van der Waals surface area contributed by atoms with Crippen LogP contribution < -0.4 is 0 Å². The first kappa shape index (κ1) is 18.0. The van der Waals surface area contributed by atoms with Crippen molar-refractivity contribution in [1.82, 2.24) is 4.90 Å². The molecule has 4 nitrogen and oxygen atoms in total. The second-order valence-electron chi connectivity index (χ2n) is 5.67. The van der Waals surface area contributed by atoms with Crippen molar-refractivity contribution < 1.29 is 14.6 Å². The fourth-order valence-electron chi connectivity index (χ4n) is 2.65. The van der Waals surface area contributed by atoms with Crippen LogP contribution in [0.25, 0.3) is 0 Å². The third-order valence-electron chi connectivity index (χ3n) is 3.96. The Hall–Kier alpha value is -1.10. The quantitative estimate of drug-likeness (QED) is 0.928. The van der Waals surface area contributed by atoms with E-state index in [1.165, 1.54) is 16.7 Å². The van der Waals surface area contributed by atoms with Crippen LogP contribution >= 0.6 is 12.4 Å². The van der Waals surface area contributed by atoms with Crippen molar-refractivity contribution >= 4 is 18.4 Å². The van der Waals surface area contributed by atoms with Gasteiger partial charge in [0.1, 0.15) is 0 Å². The van der Waals surface area contributed by atoms with Crippen LogP contribution in [-0.2, 0) is 9.53 Å². The molecular weight excluding hydrogens is 290 g/mol. The number of benzene rings is 1. The number of hydrogen-bond donors (Lipinski definition) is 1. The smallest absolute Gasteiger partial charge is 0.304 e. The second-order valence-corrected chi connectivity index (χ2v) is 5.67. The summed E-state index contributed by atoms with van der Waals surface area (Å²) in [6, 6.07) is 6.67. The Morgan fingerprint density at radius 1 is 1.43 bits per heavy atom. The number of carbonyl (C=O) groups is 1. The van der Waals surface area contributed by atoms with Crippen molar-refractivity contribution in [3.63, 3.8) is 0 Å². The molecule has 1 aromatic rings. The predicted molar refractivity (Wildman–Crippen MR) is 85.1 cm³/mol. The van der Waals surface area contributed by atoms with E-state index in [0.717, 1.165) is 6.54 Å². The minimum Gasteiger partial charge on any atom is -0.481 e. The van der Waals surface area contributed by atoms with Crippen molar-refractivity contribution in [3.8, 4) is 0 Å². The van der Waals surface area contributed by atoms with E-state index in [4.69, 9.17) is 9.84 Å². The van der Waals surface area contributed by atoms with Gasteiger partial charge in [-0.15, -0.1) is 12.4 Å². The average molecular weight is 314 g/mol. The Morgan fingerprint density at radius 2 is 2.14 bits per heavy atom. The number of carboxylic acid groups (broad SMARTS) is 1. The van der Waals surface area contributed by atoms with Gasteiger partial charge < -0.3 is 9.84 Å². The maximum absolute atomic E-state index is 10.7. The van der Waals surface area contributed by atoms with Crippen LogP contribution in [0.1, 0.15) is 36.1 Å². The topological polar surface area (TPSA) is 49.8 Å². The van der Waals surface area contributed by atoms with E-state index in [1.807, 2.05) is 0 Å². The van der Waals surface area contributed by atoms with Crippen LogP contribution in [0.15, 0.2) is 18.2 Å². The molecule has 1 aliphatic rings. The zero-order valence-electron chi connectivity index (χ0n) is 12.8. The zero-order valence-corrected chi connectivity index (χ0v) is 13.7. The molecule has 2 rings (SSSR count). The van der Waals surface area contributed by atoms with Crippen molar-refractivity contribution in [1.29, 1.82) is 0 Å². The highest BCUT2D eigenvalue weighted by molar-refractivity contribution is 5.85. The lowest BCUT2D eigenvalue weighted by Gasteiger charge is -2.38. The van der Waals surface area contributed by atoms with Gasteiger partial charge in [0.25, 0.3) is 0 Å². The molecule has 1 aromatic carbocycles. The van der Waals surface area contributed by atoms with Gasteiger partial charge in [-0.25, -0.2) is 0 Å². The average Bonchev–Trinajstić information content (AvgIpc) is 2.40. The number of aliphatic carboxylic acids is 1. The van der Waals surface area contributed by atoms with Gasteiger partial charge in [-0.05, 0) is 31.9 Å². The molecule has 0 aromatic heterocycles. The van der Waals surface area contributed by atoms with E-state index in [9.17, 15) is 4.79 Å². The number of rotatable bonds is 4. The van der Waals surface area contributed by atoms with E-state index in [-0.39, 0.29) is 31.0 Å². The summed E-state index contributed by atoms with van der Waals surface area (Å²) in [5.74, 6) is -0.744. The maximum atomic E-state index is 10.7. The van der Waals surface area contributed by atoms with E-state index < -0.39 is 5.97 Å². The van der Waals surface area contributed by atoms with Crippen molar-refractivity contribution in [2.45, 2.75) is 39.3 Å². The molecule has 1 N–H and O–H groups in total. The van der Waals surface area contributed by atoms with Crippen LogP contribution in [0, 0.1) is 13.8 Å². The van der Waals surface area contributed by atoms with Crippen molar-refractivity contribution in [3.05, 3.63) is 34.9 Å². The number of hydrogen-bond acceptors (Lipinski definition) is 3. The first-order valence-corrected chi connectivity index (χ1v) is 7.12. The Kier molecular flexibility index (Phi) is 6.65. The predicted octanol–water partition coefficient (Wildman–Crippen LogP) is 2.96. The molecule has 0 bridgehead atoms. The number of morpholine rings is 1. The minimum absolute atomic E-state index is 0. The van der Waals surface area contributed by atoms with Crippen LogP contribution in [0.5, 0.6) is 0 Å². The summed E-state index contributed by atoms with van der Waals surface area (Å²) in [5.41, 5.74) is 3.68. The van der Waals surface area contributed by atoms with Gasteiger partial charge in [-0.2, -0.15) is 0 Å². The van der Waals surface area contributed by atoms with Crippen LogP contribution in [0.3, 0.4) is 0 Å². The second kappa shape index (κ2) is 7.78. The summed E-state index contributed by atoms with van der Waals surface area (Å²) >= 11 is 0. The first-order valence-electron chi connectivity index (χ1n) is 7.12. The lowest BCUT2D eigenvalue weighted by molar-refractivity contribution is -0.138. The molecule has 21 heavy (non-hydrogen) atoms. The number of aryl methyl sites for hydroxylation is 2. The highest BCUT2D eigenvalue weighted by atomic mass is 35.5. The molecular formula is C16H24ClNO3. The maximum Gasteiger partial charge on any atom is 0.304 e. The molecule has 1 aliphatic heterocycles. The van der Waals surface area contributed by atoms with Gasteiger partial charge in [0.05, 0.1) is 19.1 Å². The van der Waals surface area contributed by atoms with Gasteiger partial charge in [-0.3, -0.25) is 9.69 Å². The largest absolute Gasteiger partial charge is 0.481 e. The van der Waals surface area contributed by atoms with E-state index in [1.54, 1.807) is 0 Å². The number of carboxylic acids is 1. The molecule has 5 heteroatoms. The fraction of sp³-hybridized carbons (Fsp3) is 0.562. The molecule has 0 radical (unpaired) electrons. The van der Waals surface area contributed by atoms with Gasteiger partial charge in [0.15, 0.2) is 0 Å². The zero-order chi connectivity index (χ0) is 14.7. The number of halogens is 1. The third kappa shape index (κ3) is 4.70. The highest BCUT2D eigenvalue weighted by Crippen LogP contribution is 2.28. The van der Waals surface area contributed by atoms with E-state index in [2.05, 4.69) is 43.9 Å². The Labute approximate surface area is 132 Å². The first-order chi connectivity index (χ1) is 9.47. The van der Waals surface area contributed by atoms with Crippen LogP contribution in [0.4, 0.5) is 0 Å². The Balaban J connectivity index is 0.00000220. The van der Waals surface area contributed by atoms with Crippen LogP contribution in [-0.4, -0.2) is 41.7 Å². The molecule has 118 valence electrons. The van der Waals surface area contributed by atoms with Gasteiger partial charge in [-0.1, -0.05) is 23.8 Å². The third-order valence-corrected chi connectivity index (χ3v) is 3.96. The van der Waals surface area contributed by atoms with Gasteiger partial charge in [0, 0.05) is 19.1 Å². The minimum atomic E-state index is -0.744. The molecule has 0 aliphatic carbocycles. The molecule has 0 spiro atoms. The molecule has 0 saturated carbocycles. The van der Waals surface area contributed by atoms with Crippen LogP contribution in [0.2, 0.25) is 0 Å². The molecule has 2 atom stereocenters. The fourth-order valence-corrected chi connectivity index (χ4v) is 2.65. The number of ether oxygens (including phenoxy) is 1. The summed E-state index contributed by atoms with van der Waals surface area (Å²) in [6.45, 7) is 8.26. The molecule has 0 amide bonds. The van der Waals surface area contributed by atoms with Gasteiger partial charge >= 0.3 is 5.97 Å². The molecule has 1 fully saturated rings. The van der Waals surface area contributed by atoms with Crippen molar-refractivity contribution in [2.75, 3.05) is 19.7 Å². The highest BCUT2D eigenvalue weighted by Gasteiger charge is 2.28. The summed E-state index contributed by atoms with van der Waals surface area (Å²) < 4.78 is 5.96. The summed E-state index contributed by atoms with van der Waals surface area (Å²) in [4.78, 5) is 13.0. The summed E-state index contributed by atoms with van der Waals surface area (Å²) in [7, 11) is 0. The molecule has 1 saturated heterocycles. The molecule has 1 heterocycles. The lowest BCUT2D eigenvalue weighted by atomic mass is 9.99. The van der Waals surface area contributed by atoms with Crippen molar-refractivity contribution in [2.24, 2.45) is 0 Å². The lowest BCUT2D eigenvalue weighted by Crippen LogP contribution is -2.45. The normalized spacial score (nSPS) is 22.6. The number of nitrogens with zero attached hydrogens (tertiary/aromatic N) is 1. The van der Waals surface area contributed by atoms with E-state index >= 15 is 0 Å². The standard InChI is InChI=1S/C16H23NO3.ClH/c1-11-4-5-12(2)14(8-11)15-9-17(7-6-16(18)19)13(3)10-20-15;/h4-5,8,13,15H,6-7,9-10H2,1-3H3,(H,18,19);1H. The Morgan fingerprint density at radius 3 is 2.81 bits per heavy atom. The van der Waals surface area contributed by atoms with E-state index in [0.29, 0.717) is 13.2 Å². The molecule has 2 unspecified atom stereocenters. The Bertz CT molecular complexity index is 492.